The van der Waals surface area contributed by atoms with Crippen molar-refractivity contribution in [1.82, 2.24) is 10.2 Å². The summed E-state index contributed by atoms with van der Waals surface area (Å²) < 4.78 is 42.0. The number of aromatic nitrogens is 2. The maximum atomic E-state index is 12.3. The van der Waals surface area contributed by atoms with Crippen molar-refractivity contribution in [2.75, 3.05) is 25.1 Å². The summed E-state index contributed by atoms with van der Waals surface area (Å²) in [4.78, 5) is 0. The van der Waals surface area contributed by atoms with Gasteiger partial charge in [0.1, 0.15) is 0 Å². The molecule has 0 aliphatic carbocycles. The van der Waals surface area contributed by atoms with E-state index in [0.717, 1.165) is 0 Å². The fraction of sp³-hybridized carbons (Fsp3) is 0.778. The summed E-state index contributed by atoms with van der Waals surface area (Å²) in [5, 5.41) is 18.3. The van der Waals surface area contributed by atoms with Gasteiger partial charge in [-0.15, -0.1) is 10.2 Å². The van der Waals surface area contributed by atoms with E-state index in [9.17, 15) is 18.3 Å². The van der Waals surface area contributed by atoms with E-state index in [1.807, 2.05) is 0 Å². The number of ether oxygens (including phenoxy) is 1. The van der Waals surface area contributed by atoms with Crippen molar-refractivity contribution in [3.8, 4) is 0 Å². The molecule has 0 aromatic carbocycles. The number of halogens is 3. The summed E-state index contributed by atoms with van der Waals surface area (Å²) >= 11 is 0.426. The summed E-state index contributed by atoms with van der Waals surface area (Å²) in [5.41, 5.74) is -0.956. The minimum absolute atomic E-state index is 0.0576. The number of anilines is 1. The van der Waals surface area contributed by atoms with Crippen molar-refractivity contribution in [1.29, 1.82) is 0 Å². The van der Waals surface area contributed by atoms with Crippen LogP contribution in [0.25, 0.3) is 0 Å². The smallest absolute Gasteiger partial charge is 0.388 e. The van der Waals surface area contributed by atoms with Gasteiger partial charge in [-0.05, 0) is 0 Å². The first-order chi connectivity index (χ1) is 8.39. The molecule has 1 saturated heterocycles. The Balaban J connectivity index is 1.92. The Hall–Kier alpha value is -0.930. The van der Waals surface area contributed by atoms with E-state index in [4.69, 9.17) is 4.74 Å². The fourth-order valence-corrected chi connectivity index (χ4v) is 2.18. The Morgan fingerprint density at radius 1 is 1.33 bits per heavy atom. The van der Waals surface area contributed by atoms with Crippen molar-refractivity contribution < 1.29 is 23.0 Å². The van der Waals surface area contributed by atoms with Crippen molar-refractivity contribution in [2.24, 2.45) is 0 Å². The van der Waals surface area contributed by atoms with Gasteiger partial charge >= 0.3 is 6.18 Å². The van der Waals surface area contributed by atoms with Gasteiger partial charge in [0.15, 0.2) is 0 Å². The number of rotatable bonds is 3. The van der Waals surface area contributed by atoms with Gasteiger partial charge in [-0.1, -0.05) is 11.3 Å². The molecule has 1 aliphatic rings. The van der Waals surface area contributed by atoms with Crippen molar-refractivity contribution in [3.05, 3.63) is 5.01 Å². The monoisotopic (exact) mass is 283 g/mol. The van der Waals surface area contributed by atoms with Gasteiger partial charge in [0.2, 0.25) is 10.1 Å². The van der Waals surface area contributed by atoms with Crippen LogP contribution in [0.5, 0.6) is 0 Å². The Morgan fingerprint density at radius 2 is 2.00 bits per heavy atom. The molecule has 1 aromatic rings. The molecule has 0 bridgehead atoms. The van der Waals surface area contributed by atoms with Crippen molar-refractivity contribution in [2.45, 2.75) is 24.6 Å². The third-order valence-corrected chi connectivity index (χ3v) is 3.59. The van der Waals surface area contributed by atoms with Gasteiger partial charge in [-0.25, -0.2) is 0 Å². The molecule has 0 saturated carbocycles. The number of alkyl halides is 3. The van der Waals surface area contributed by atoms with Crippen molar-refractivity contribution >= 4 is 16.5 Å². The number of aliphatic hydroxyl groups is 1. The quantitative estimate of drug-likeness (QED) is 0.880. The SMILES string of the molecule is OC1(CNc2nnc(C(F)(F)F)s2)CCOCC1. The summed E-state index contributed by atoms with van der Waals surface area (Å²) in [7, 11) is 0. The van der Waals surface area contributed by atoms with Gasteiger partial charge < -0.3 is 15.2 Å². The van der Waals surface area contributed by atoms with E-state index in [1.54, 1.807) is 0 Å². The van der Waals surface area contributed by atoms with E-state index in [0.29, 0.717) is 37.4 Å². The molecule has 102 valence electrons. The van der Waals surface area contributed by atoms with Crippen LogP contribution in [-0.2, 0) is 10.9 Å². The molecule has 0 atom stereocenters. The largest absolute Gasteiger partial charge is 0.445 e. The number of nitrogens with one attached hydrogen (secondary N) is 1. The second-order valence-electron chi connectivity index (χ2n) is 4.10. The van der Waals surface area contributed by atoms with E-state index in [-0.39, 0.29) is 11.7 Å². The highest BCUT2D eigenvalue weighted by atomic mass is 32.1. The lowest BCUT2D eigenvalue weighted by molar-refractivity contribution is -0.138. The van der Waals surface area contributed by atoms with Crippen LogP contribution in [0.1, 0.15) is 17.8 Å². The highest BCUT2D eigenvalue weighted by Crippen LogP contribution is 2.33. The second kappa shape index (κ2) is 4.98. The minimum atomic E-state index is -4.48. The Bertz CT molecular complexity index is 404. The zero-order valence-electron chi connectivity index (χ0n) is 9.33. The predicted molar refractivity (Wildman–Crippen MR) is 58.4 cm³/mol. The maximum Gasteiger partial charge on any atom is 0.445 e. The maximum absolute atomic E-state index is 12.3. The van der Waals surface area contributed by atoms with Crippen LogP contribution in [0.2, 0.25) is 0 Å². The zero-order chi connectivity index (χ0) is 13.2. The van der Waals surface area contributed by atoms with E-state index >= 15 is 0 Å². The van der Waals surface area contributed by atoms with Crippen LogP contribution in [0, 0.1) is 0 Å². The summed E-state index contributed by atoms with van der Waals surface area (Å²) in [6, 6.07) is 0. The molecule has 2 rings (SSSR count). The molecule has 1 fully saturated rings. The molecule has 0 unspecified atom stereocenters. The lowest BCUT2D eigenvalue weighted by atomic mass is 9.95. The molecule has 0 radical (unpaired) electrons. The summed E-state index contributed by atoms with van der Waals surface area (Å²) in [6.45, 7) is 1.03. The normalized spacial score (nSPS) is 19.8. The number of hydrogen-bond donors (Lipinski definition) is 2. The lowest BCUT2D eigenvalue weighted by Gasteiger charge is -2.31. The van der Waals surface area contributed by atoms with Crippen LogP contribution in [0.4, 0.5) is 18.3 Å². The summed E-state index contributed by atoms with van der Waals surface area (Å²) in [6.07, 6.45) is -3.58. The van der Waals surface area contributed by atoms with Crippen LogP contribution in [0.3, 0.4) is 0 Å². The predicted octanol–water partition coefficient (Wildman–Crippen LogP) is 1.51. The molecule has 2 heterocycles. The molecule has 9 heteroatoms. The third kappa shape index (κ3) is 3.30. The third-order valence-electron chi connectivity index (χ3n) is 2.66. The van der Waals surface area contributed by atoms with Crippen LogP contribution in [0.15, 0.2) is 0 Å². The highest BCUT2D eigenvalue weighted by Gasteiger charge is 2.36. The molecule has 2 N–H and O–H groups in total. The van der Waals surface area contributed by atoms with Crippen molar-refractivity contribution in [3.63, 3.8) is 0 Å². The standard InChI is InChI=1S/C9H12F3N3O2S/c10-9(11,12)6-14-15-7(18-6)13-5-8(16)1-3-17-4-2-8/h16H,1-5H2,(H,13,15). The van der Waals surface area contributed by atoms with E-state index < -0.39 is 16.8 Å². The molecule has 18 heavy (non-hydrogen) atoms. The molecule has 5 nitrogen and oxygen atoms in total. The Kier molecular flexibility index (Phi) is 3.74. The lowest BCUT2D eigenvalue weighted by Crippen LogP contribution is -2.42. The van der Waals surface area contributed by atoms with Crippen LogP contribution in [-0.4, -0.2) is 40.7 Å². The molecule has 0 amide bonds. The van der Waals surface area contributed by atoms with Gasteiger partial charge in [-0.3, -0.25) is 0 Å². The fourth-order valence-electron chi connectivity index (χ4n) is 1.58. The zero-order valence-corrected chi connectivity index (χ0v) is 10.1. The van der Waals surface area contributed by atoms with E-state index in [2.05, 4.69) is 15.5 Å². The van der Waals surface area contributed by atoms with Crippen LogP contribution >= 0.6 is 11.3 Å². The second-order valence-corrected chi connectivity index (χ2v) is 5.08. The van der Waals surface area contributed by atoms with Gasteiger partial charge in [0.25, 0.3) is 0 Å². The molecule has 1 aliphatic heterocycles. The summed E-state index contributed by atoms with van der Waals surface area (Å²) in [5.74, 6) is 0. The highest BCUT2D eigenvalue weighted by molar-refractivity contribution is 7.15. The van der Waals surface area contributed by atoms with Crippen LogP contribution < -0.4 is 5.32 Å². The van der Waals surface area contributed by atoms with Gasteiger partial charge in [0.05, 0.1) is 5.60 Å². The minimum Gasteiger partial charge on any atom is -0.388 e. The number of nitrogens with zero attached hydrogens (tertiary/aromatic N) is 2. The van der Waals surface area contributed by atoms with Gasteiger partial charge in [-0.2, -0.15) is 13.2 Å². The average molecular weight is 283 g/mol. The topological polar surface area (TPSA) is 67.3 Å². The first kappa shape index (κ1) is 13.5. The molecular weight excluding hydrogens is 271 g/mol. The number of hydrogen-bond acceptors (Lipinski definition) is 6. The Morgan fingerprint density at radius 3 is 2.56 bits per heavy atom. The first-order valence-electron chi connectivity index (χ1n) is 5.34. The molecule has 0 spiro atoms. The van der Waals surface area contributed by atoms with E-state index in [1.165, 1.54) is 0 Å². The molecular formula is C9H12F3N3O2S. The average Bonchev–Trinajstić information content (AvgIpc) is 2.76. The Labute approximate surface area is 105 Å². The molecule has 1 aromatic heterocycles. The van der Waals surface area contributed by atoms with Gasteiger partial charge in [0, 0.05) is 32.6 Å². The first-order valence-corrected chi connectivity index (χ1v) is 6.15.